The van der Waals surface area contributed by atoms with Gasteiger partial charge < -0.3 is 6.74 Å². The standard InChI is InChI=1S/C24H31F3N6O3S.Na.H/c1-31-10-9-17(12-21(31)24(25,26)27)33(18-13-28-32(2)14-18)37(35,36)30-23(34)29-22-19-7-3-5-15(19)11-16-6-4-8-20(16)22;;/h11,13-14,17,21H,3-10,12H2,1-2H3,(H2,29,30,34);;/q;+1;-1. The molecule has 1 saturated heterocycles. The van der Waals surface area contributed by atoms with E-state index in [4.69, 9.17) is 0 Å². The Kier molecular flexibility index (Phi) is 8.44. The molecule has 0 spiro atoms. The molecular formula is C24H32F3N6NaO3S. The predicted octanol–water partition coefficient (Wildman–Crippen LogP) is 0.412. The first-order chi connectivity index (χ1) is 17.4. The van der Waals surface area contributed by atoms with Crippen LogP contribution in [-0.2, 0) is 42.9 Å². The molecule has 2 aromatic rings. The van der Waals surface area contributed by atoms with Crippen molar-refractivity contribution in [2.24, 2.45) is 7.05 Å². The number of piperidine rings is 1. The van der Waals surface area contributed by atoms with Gasteiger partial charge in [0.25, 0.3) is 0 Å². The van der Waals surface area contributed by atoms with Gasteiger partial charge in [-0.15, -0.1) is 0 Å². The number of rotatable bonds is 5. The summed E-state index contributed by atoms with van der Waals surface area (Å²) in [5.41, 5.74) is 5.22. The van der Waals surface area contributed by atoms with Crippen LogP contribution in [0.5, 0.6) is 0 Å². The molecule has 2 atom stereocenters. The molecule has 14 heteroatoms. The van der Waals surface area contributed by atoms with E-state index in [1.807, 2.05) is 0 Å². The van der Waals surface area contributed by atoms with E-state index in [9.17, 15) is 26.4 Å². The summed E-state index contributed by atoms with van der Waals surface area (Å²) in [6.45, 7) is 0.0512. The maximum atomic E-state index is 13.7. The Morgan fingerprint density at radius 1 is 1.13 bits per heavy atom. The van der Waals surface area contributed by atoms with Crippen molar-refractivity contribution >= 4 is 27.6 Å². The summed E-state index contributed by atoms with van der Waals surface area (Å²) in [7, 11) is -1.61. The van der Waals surface area contributed by atoms with Crippen LogP contribution < -0.4 is 43.9 Å². The summed E-state index contributed by atoms with van der Waals surface area (Å²) in [4.78, 5) is 14.3. The minimum absolute atomic E-state index is 0. The van der Waals surface area contributed by atoms with Crippen LogP contribution in [0.4, 0.5) is 29.3 Å². The van der Waals surface area contributed by atoms with Crippen molar-refractivity contribution in [3.63, 3.8) is 0 Å². The first-order valence-corrected chi connectivity index (χ1v) is 13.9. The number of fused-ring (bicyclic) bond motifs is 2. The number of nitrogens with one attached hydrogen (secondary N) is 2. The van der Waals surface area contributed by atoms with E-state index in [0.29, 0.717) is 5.69 Å². The number of benzene rings is 1. The molecule has 2 aliphatic carbocycles. The van der Waals surface area contributed by atoms with E-state index in [1.165, 1.54) is 40.1 Å². The number of urea groups is 1. The molecule has 0 bridgehead atoms. The Bertz CT molecular complexity index is 1290. The van der Waals surface area contributed by atoms with Crippen molar-refractivity contribution in [3.05, 3.63) is 40.7 Å². The van der Waals surface area contributed by atoms with Crippen LogP contribution in [0.1, 0.15) is 49.4 Å². The van der Waals surface area contributed by atoms with Crippen molar-refractivity contribution in [2.75, 3.05) is 23.2 Å². The quantitative estimate of drug-likeness (QED) is 0.513. The van der Waals surface area contributed by atoms with Crippen molar-refractivity contribution in [1.29, 1.82) is 0 Å². The number of amides is 2. The molecule has 9 nitrogen and oxygen atoms in total. The van der Waals surface area contributed by atoms with Gasteiger partial charge in [0.05, 0.1) is 11.9 Å². The van der Waals surface area contributed by atoms with Gasteiger partial charge in [0.15, 0.2) is 0 Å². The Morgan fingerprint density at radius 2 is 1.76 bits per heavy atom. The number of hydrogen-bond donors (Lipinski definition) is 2. The molecule has 1 aliphatic heterocycles. The molecule has 3 aliphatic rings. The molecule has 0 radical (unpaired) electrons. The van der Waals surface area contributed by atoms with Gasteiger partial charge >= 0.3 is 52.0 Å². The smallest absolute Gasteiger partial charge is 1.00 e. The first-order valence-electron chi connectivity index (χ1n) is 12.5. The fourth-order valence-corrected chi connectivity index (χ4v) is 7.34. The third kappa shape index (κ3) is 5.72. The normalized spacial score (nSPS) is 21.4. The van der Waals surface area contributed by atoms with E-state index >= 15 is 0 Å². The summed E-state index contributed by atoms with van der Waals surface area (Å²) in [6, 6.07) is -1.54. The third-order valence-electron chi connectivity index (χ3n) is 7.69. The number of carbonyl (C=O) groups excluding carboxylic acids is 1. The van der Waals surface area contributed by atoms with Crippen LogP contribution in [-0.4, -0.2) is 61.0 Å². The molecule has 2 amide bonds. The molecule has 2 N–H and O–H groups in total. The number of halogens is 3. The Labute approximate surface area is 244 Å². The molecule has 1 aromatic heterocycles. The molecule has 204 valence electrons. The fraction of sp³-hybridized carbons (Fsp3) is 0.583. The number of aromatic nitrogens is 2. The number of likely N-dealkylation sites (tertiary alicyclic amines) is 1. The SMILES string of the molecule is CN1CCC(N(c2cnn(C)c2)S(=O)(=O)NC(=O)Nc2c3c(cc4c2CCC4)CCC3)CC1C(F)(F)F.[H-].[Na+]. The molecular weight excluding hydrogens is 532 g/mol. The average Bonchev–Trinajstić information content (AvgIpc) is 3.54. The van der Waals surface area contributed by atoms with Gasteiger partial charge in [0.1, 0.15) is 6.04 Å². The van der Waals surface area contributed by atoms with Crippen molar-refractivity contribution in [3.8, 4) is 0 Å². The predicted molar refractivity (Wildman–Crippen MR) is 134 cm³/mol. The molecule has 38 heavy (non-hydrogen) atoms. The van der Waals surface area contributed by atoms with Crippen LogP contribution in [0, 0.1) is 0 Å². The van der Waals surface area contributed by atoms with Crippen molar-refractivity contribution < 1.29 is 57.4 Å². The van der Waals surface area contributed by atoms with Crippen LogP contribution >= 0.6 is 0 Å². The van der Waals surface area contributed by atoms with Gasteiger partial charge in [-0.1, -0.05) is 6.07 Å². The maximum absolute atomic E-state index is 13.7. The minimum Gasteiger partial charge on any atom is -1.00 e. The second-order valence-electron chi connectivity index (χ2n) is 10.2. The van der Waals surface area contributed by atoms with Crippen LogP contribution in [0.3, 0.4) is 0 Å². The summed E-state index contributed by atoms with van der Waals surface area (Å²) >= 11 is 0. The average molecular weight is 565 g/mol. The summed E-state index contributed by atoms with van der Waals surface area (Å²) < 4.78 is 72.5. The van der Waals surface area contributed by atoms with Gasteiger partial charge in [-0.3, -0.25) is 9.58 Å². The van der Waals surface area contributed by atoms with Gasteiger partial charge in [-0.05, 0) is 80.7 Å². The molecule has 2 unspecified atom stereocenters. The zero-order valence-corrected chi connectivity index (χ0v) is 24.6. The van der Waals surface area contributed by atoms with E-state index in [1.54, 1.807) is 7.05 Å². The Morgan fingerprint density at radius 3 is 2.32 bits per heavy atom. The van der Waals surface area contributed by atoms with E-state index in [-0.39, 0.29) is 49.6 Å². The number of nitrogens with zero attached hydrogens (tertiary/aromatic N) is 4. The topological polar surface area (TPSA) is 99.6 Å². The number of carbonyl (C=O) groups is 1. The van der Waals surface area contributed by atoms with Gasteiger partial charge in [0, 0.05) is 31.5 Å². The van der Waals surface area contributed by atoms with E-state index in [2.05, 4.69) is 21.2 Å². The summed E-state index contributed by atoms with van der Waals surface area (Å²) in [5.74, 6) is 0. The number of anilines is 2. The minimum atomic E-state index is -4.56. The second-order valence-corrected chi connectivity index (χ2v) is 11.7. The summed E-state index contributed by atoms with van der Waals surface area (Å²) in [6.07, 6.45) is 3.27. The Balaban J connectivity index is 0.00000210. The van der Waals surface area contributed by atoms with E-state index in [0.717, 1.165) is 54.0 Å². The molecule has 1 fully saturated rings. The number of hydrogen-bond acceptors (Lipinski definition) is 5. The van der Waals surface area contributed by atoms with Crippen molar-refractivity contribution in [2.45, 2.75) is 69.6 Å². The van der Waals surface area contributed by atoms with Gasteiger partial charge in [0.2, 0.25) is 0 Å². The van der Waals surface area contributed by atoms with Gasteiger partial charge in [-0.2, -0.15) is 26.7 Å². The van der Waals surface area contributed by atoms with Gasteiger partial charge in [-0.25, -0.2) is 13.8 Å². The molecule has 1 aromatic carbocycles. The zero-order valence-electron chi connectivity index (χ0n) is 22.8. The number of aryl methyl sites for hydroxylation is 3. The zero-order chi connectivity index (χ0) is 26.5. The molecule has 0 saturated carbocycles. The summed E-state index contributed by atoms with van der Waals surface area (Å²) in [5, 5.41) is 6.79. The third-order valence-corrected chi connectivity index (χ3v) is 9.16. The van der Waals surface area contributed by atoms with E-state index < -0.39 is 40.9 Å². The fourth-order valence-electron chi connectivity index (χ4n) is 6.00. The first kappa shape index (κ1) is 29.2. The Hall–Kier alpha value is -1.80. The maximum Gasteiger partial charge on any atom is 1.00 e. The second kappa shape index (κ2) is 11.0. The van der Waals surface area contributed by atoms with Crippen molar-refractivity contribution in [1.82, 2.24) is 19.4 Å². The largest absolute Gasteiger partial charge is 1.00 e. The van der Waals surface area contributed by atoms with Crippen LogP contribution in [0.25, 0.3) is 0 Å². The van der Waals surface area contributed by atoms with Crippen LogP contribution in [0.2, 0.25) is 0 Å². The number of alkyl halides is 3. The van der Waals surface area contributed by atoms with Crippen LogP contribution in [0.15, 0.2) is 18.5 Å². The molecule has 5 rings (SSSR count). The molecule has 2 heterocycles. The monoisotopic (exact) mass is 564 g/mol.